The lowest BCUT2D eigenvalue weighted by molar-refractivity contribution is 0.0301. The molecule has 1 unspecified atom stereocenters. The minimum absolute atomic E-state index is 0. The topological polar surface area (TPSA) is 87.2 Å². The summed E-state index contributed by atoms with van der Waals surface area (Å²) in [6.07, 6.45) is 1.22. The first-order valence-corrected chi connectivity index (χ1v) is 8.89. The summed E-state index contributed by atoms with van der Waals surface area (Å²) in [5.41, 5.74) is 6.03. The molecule has 2 rings (SSSR count). The van der Waals surface area contributed by atoms with E-state index in [4.69, 9.17) is 10.5 Å². The lowest BCUT2D eigenvalue weighted by Gasteiger charge is -2.35. The Bertz CT molecular complexity index is 478. The second kappa shape index (κ2) is 11.1. The number of aliphatic hydroxyl groups excluding tert-OH is 1. The lowest BCUT2D eigenvalue weighted by Crippen LogP contribution is -2.51. The summed E-state index contributed by atoms with van der Waals surface area (Å²) in [6.45, 7) is 8.76. The van der Waals surface area contributed by atoms with Gasteiger partial charge in [-0.3, -0.25) is 4.99 Å². The molecule has 7 nitrogen and oxygen atoms in total. The van der Waals surface area contributed by atoms with Gasteiger partial charge in [0.25, 0.3) is 0 Å². The van der Waals surface area contributed by atoms with Gasteiger partial charge in [-0.05, 0) is 5.92 Å². The Morgan fingerprint density at radius 1 is 1.38 bits per heavy atom. The van der Waals surface area contributed by atoms with Crippen LogP contribution in [-0.2, 0) is 4.74 Å². The average Bonchev–Trinajstić information content (AvgIpc) is 3.07. The smallest absolute Gasteiger partial charge is 0.191 e. The highest BCUT2D eigenvalue weighted by Gasteiger charge is 2.20. The molecule has 138 valence electrons. The molecule has 1 fully saturated rings. The number of aliphatic imine (C=N–C) groups is 1. The molecule has 24 heavy (non-hydrogen) atoms. The Hall–Kier alpha value is -0.650. The number of rotatable bonds is 7. The van der Waals surface area contributed by atoms with Gasteiger partial charge >= 0.3 is 0 Å². The second-order valence-electron chi connectivity index (χ2n) is 6.07. The van der Waals surface area contributed by atoms with Gasteiger partial charge < -0.3 is 25.4 Å². The first-order valence-electron chi connectivity index (χ1n) is 8.01. The fourth-order valence-corrected chi connectivity index (χ4v) is 2.99. The number of piperazine rings is 1. The molecule has 1 aliphatic heterocycles. The molecular weight excluding hydrogens is 441 g/mol. The van der Waals surface area contributed by atoms with Gasteiger partial charge in [-0.15, -0.1) is 35.3 Å². The Balaban J connectivity index is 0.00000288. The SMILES string of the molecule is CC(C)COCC(O)CN=C(N)N1CCN(c2nccs2)CC1.I. The zero-order valence-corrected chi connectivity index (χ0v) is 17.4. The van der Waals surface area contributed by atoms with E-state index in [1.54, 1.807) is 11.3 Å². The third-order valence-corrected chi connectivity index (χ3v) is 4.35. The molecule has 1 aliphatic rings. The van der Waals surface area contributed by atoms with Crippen LogP contribution < -0.4 is 10.6 Å². The third kappa shape index (κ3) is 7.08. The van der Waals surface area contributed by atoms with Gasteiger partial charge in [0.05, 0.1) is 19.3 Å². The van der Waals surface area contributed by atoms with E-state index in [9.17, 15) is 5.11 Å². The van der Waals surface area contributed by atoms with Crippen LogP contribution in [0.3, 0.4) is 0 Å². The van der Waals surface area contributed by atoms with Crippen molar-refractivity contribution < 1.29 is 9.84 Å². The van der Waals surface area contributed by atoms with Crippen molar-refractivity contribution in [2.45, 2.75) is 20.0 Å². The van der Waals surface area contributed by atoms with Gasteiger partial charge in [0.1, 0.15) is 0 Å². The van der Waals surface area contributed by atoms with Gasteiger partial charge in [-0.2, -0.15) is 0 Å². The highest BCUT2D eigenvalue weighted by Crippen LogP contribution is 2.18. The van der Waals surface area contributed by atoms with Crippen molar-refractivity contribution in [1.82, 2.24) is 9.88 Å². The predicted octanol–water partition coefficient (Wildman–Crippen LogP) is 1.23. The molecule has 0 saturated carbocycles. The summed E-state index contributed by atoms with van der Waals surface area (Å²) in [5, 5.41) is 12.9. The maximum absolute atomic E-state index is 9.86. The summed E-state index contributed by atoms with van der Waals surface area (Å²) in [4.78, 5) is 12.9. The summed E-state index contributed by atoms with van der Waals surface area (Å²) < 4.78 is 5.40. The van der Waals surface area contributed by atoms with E-state index >= 15 is 0 Å². The number of guanidine groups is 1. The molecule has 1 saturated heterocycles. The van der Waals surface area contributed by atoms with Gasteiger partial charge in [-0.25, -0.2) is 4.98 Å². The molecule has 2 heterocycles. The van der Waals surface area contributed by atoms with E-state index in [2.05, 4.69) is 28.7 Å². The lowest BCUT2D eigenvalue weighted by atomic mass is 10.2. The molecular formula is C15H28IN5O2S. The number of hydrogen-bond donors (Lipinski definition) is 2. The summed E-state index contributed by atoms with van der Waals surface area (Å²) in [5.74, 6) is 0.955. The van der Waals surface area contributed by atoms with E-state index < -0.39 is 6.10 Å². The fraction of sp³-hybridized carbons (Fsp3) is 0.733. The van der Waals surface area contributed by atoms with Crippen LogP contribution in [0.25, 0.3) is 0 Å². The van der Waals surface area contributed by atoms with Crippen LogP contribution in [0, 0.1) is 5.92 Å². The van der Waals surface area contributed by atoms with Gasteiger partial charge in [0.2, 0.25) is 0 Å². The Labute approximate surface area is 164 Å². The van der Waals surface area contributed by atoms with Crippen LogP contribution >= 0.6 is 35.3 Å². The Kier molecular flexibility index (Phi) is 9.86. The largest absolute Gasteiger partial charge is 0.389 e. The zero-order chi connectivity index (χ0) is 16.7. The number of halogens is 1. The highest BCUT2D eigenvalue weighted by atomic mass is 127. The van der Waals surface area contributed by atoms with Crippen molar-refractivity contribution in [2.24, 2.45) is 16.6 Å². The van der Waals surface area contributed by atoms with Gasteiger partial charge in [-0.1, -0.05) is 13.8 Å². The number of aliphatic hydroxyl groups is 1. The van der Waals surface area contributed by atoms with Gasteiger partial charge in [0, 0.05) is 44.4 Å². The molecule has 1 aromatic rings. The monoisotopic (exact) mass is 469 g/mol. The summed E-state index contributed by atoms with van der Waals surface area (Å²) in [6, 6.07) is 0. The third-order valence-electron chi connectivity index (χ3n) is 3.52. The van der Waals surface area contributed by atoms with Crippen molar-refractivity contribution in [1.29, 1.82) is 0 Å². The maximum atomic E-state index is 9.86. The van der Waals surface area contributed by atoms with Crippen LogP contribution in [0.2, 0.25) is 0 Å². The highest BCUT2D eigenvalue weighted by molar-refractivity contribution is 14.0. The number of ether oxygens (including phenoxy) is 1. The number of anilines is 1. The molecule has 0 bridgehead atoms. The molecule has 1 atom stereocenters. The molecule has 9 heteroatoms. The average molecular weight is 469 g/mol. The van der Waals surface area contributed by atoms with Crippen LogP contribution in [0.4, 0.5) is 5.13 Å². The quantitative estimate of drug-likeness (QED) is 0.355. The van der Waals surface area contributed by atoms with Gasteiger partial charge in [0.15, 0.2) is 11.1 Å². The first kappa shape index (κ1) is 21.4. The number of thiazole rings is 1. The van der Waals surface area contributed by atoms with E-state index in [0.29, 0.717) is 25.1 Å². The van der Waals surface area contributed by atoms with Crippen molar-refractivity contribution in [3.8, 4) is 0 Å². The fourth-order valence-electron chi connectivity index (χ4n) is 2.29. The van der Waals surface area contributed by atoms with Crippen molar-refractivity contribution in [3.63, 3.8) is 0 Å². The molecule has 0 amide bonds. The minimum atomic E-state index is -0.607. The number of nitrogens with zero attached hydrogens (tertiary/aromatic N) is 4. The normalized spacial score (nSPS) is 17.1. The number of hydrogen-bond acceptors (Lipinski definition) is 6. The van der Waals surface area contributed by atoms with Crippen molar-refractivity contribution >= 4 is 46.4 Å². The molecule has 0 aromatic carbocycles. The zero-order valence-electron chi connectivity index (χ0n) is 14.3. The van der Waals surface area contributed by atoms with E-state index in [1.165, 1.54) is 0 Å². The molecule has 1 aromatic heterocycles. The van der Waals surface area contributed by atoms with Crippen molar-refractivity contribution in [2.75, 3.05) is 50.8 Å². The number of nitrogens with two attached hydrogens (primary N) is 1. The molecule has 0 aliphatic carbocycles. The maximum Gasteiger partial charge on any atom is 0.191 e. The Morgan fingerprint density at radius 2 is 2.08 bits per heavy atom. The minimum Gasteiger partial charge on any atom is -0.389 e. The first-order chi connectivity index (χ1) is 11.1. The van der Waals surface area contributed by atoms with Crippen LogP contribution in [-0.4, -0.2) is 73.0 Å². The Morgan fingerprint density at radius 3 is 2.67 bits per heavy atom. The van der Waals surface area contributed by atoms with E-state index in [0.717, 1.165) is 31.3 Å². The predicted molar refractivity (Wildman–Crippen MR) is 109 cm³/mol. The second-order valence-corrected chi connectivity index (χ2v) is 6.95. The molecule has 0 spiro atoms. The van der Waals surface area contributed by atoms with Crippen LogP contribution in [0.1, 0.15) is 13.8 Å². The van der Waals surface area contributed by atoms with E-state index in [-0.39, 0.29) is 30.5 Å². The van der Waals surface area contributed by atoms with Crippen LogP contribution in [0.15, 0.2) is 16.6 Å². The van der Waals surface area contributed by atoms with Crippen molar-refractivity contribution in [3.05, 3.63) is 11.6 Å². The summed E-state index contributed by atoms with van der Waals surface area (Å²) in [7, 11) is 0. The number of aromatic nitrogens is 1. The van der Waals surface area contributed by atoms with Crippen LogP contribution in [0.5, 0.6) is 0 Å². The molecule has 0 radical (unpaired) electrons. The summed E-state index contributed by atoms with van der Waals surface area (Å²) >= 11 is 1.65. The van der Waals surface area contributed by atoms with E-state index in [1.807, 2.05) is 16.5 Å². The molecule has 3 N–H and O–H groups in total. The standard InChI is InChI=1S/C15H27N5O2S.HI/c1-12(2)10-22-11-13(21)9-18-14(16)19-4-6-20(7-5-19)15-17-3-8-23-15;/h3,8,12-13,21H,4-7,9-11H2,1-2H3,(H2,16,18);1H.